The van der Waals surface area contributed by atoms with Crippen LogP contribution in [-0.4, -0.2) is 16.3 Å². The number of rotatable bonds is 6. The lowest BCUT2D eigenvalue weighted by Gasteiger charge is -2.06. The molecule has 0 saturated heterocycles. The Balaban J connectivity index is 1.67. The largest absolute Gasteiger partial charge is 0.313 e. The quantitative estimate of drug-likeness (QED) is 0.626. The summed E-state index contributed by atoms with van der Waals surface area (Å²) >= 11 is 2.33. The van der Waals surface area contributed by atoms with Crippen molar-refractivity contribution in [2.75, 3.05) is 6.54 Å². The number of aryl methyl sites for hydroxylation is 3. The summed E-state index contributed by atoms with van der Waals surface area (Å²) in [6.07, 6.45) is 1.10. The van der Waals surface area contributed by atoms with Gasteiger partial charge < -0.3 is 5.32 Å². The second kappa shape index (κ2) is 7.05. The maximum atomic E-state index is 4.46. The standard InChI is InChI=1S/C15H20IN3/c1-12-10-13(2)19(18-12)9-3-8-17-11-14-4-6-15(16)7-5-14/h4-7,10,17H,3,8-9,11H2,1-2H3. The van der Waals surface area contributed by atoms with Crippen LogP contribution in [0.15, 0.2) is 30.3 Å². The van der Waals surface area contributed by atoms with E-state index in [-0.39, 0.29) is 0 Å². The highest BCUT2D eigenvalue weighted by atomic mass is 127. The highest BCUT2D eigenvalue weighted by Crippen LogP contribution is 2.06. The molecule has 4 heteroatoms. The third-order valence-corrected chi connectivity index (χ3v) is 3.79. The van der Waals surface area contributed by atoms with Gasteiger partial charge in [0.15, 0.2) is 0 Å². The fourth-order valence-corrected chi connectivity index (χ4v) is 2.45. The molecule has 0 fully saturated rings. The van der Waals surface area contributed by atoms with E-state index >= 15 is 0 Å². The van der Waals surface area contributed by atoms with Crippen molar-refractivity contribution in [1.82, 2.24) is 15.1 Å². The third kappa shape index (κ3) is 4.62. The Hall–Kier alpha value is -0.880. The summed E-state index contributed by atoms with van der Waals surface area (Å²) in [6.45, 7) is 7.09. The lowest BCUT2D eigenvalue weighted by Crippen LogP contribution is -2.17. The molecule has 0 spiro atoms. The summed E-state index contributed by atoms with van der Waals surface area (Å²) < 4.78 is 3.37. The fraction of sp³-hybridized carbons (Fsp3) is 0.400. The SMILES string of the molecule is Cc1cc(C)n(CCCNCc2ccc(I)cc2)n1. The lowest BCUT2D eigenvalue weighted by atomic mass is 10.2. The zero-order valence-corrected chi connectivity index (χ0v) is 13.6. The molecule has 0 bridgehead atoms. The van der Waals surface area contributed by atoms with Gasteiger partial charge in [-0.05, 0) is 73.2 Å². The van der Waals surface area contributed by atoms with Crippen molar-refractivity contribution < 1.29 is 0 Å². The van der Waals surface area contributed by atoms with Gasteiger partial charge in [0.05, 0.1) is 5.69 Å². The number of nitrogens with zero attached hydrogens (tertiary/aromatic N) is 2. The molecule has 1 aromatic heterocycles. The van der Waals surface area contributed by atoms with Crippen LogP contribution in [0, 0.1) is 17.4 Å². The van der Waals surface area contributed by atoms with Crippen molar-refractivity contribution in [2.45, 2.75) is 33.4 Å². The monoisotopic (exact) mass is 369 g/mol. The third-order valence-electron chi connectivity index (χ3n) is 3.07. The van der Waals surface area contributed by atoms with E-state index < -0.39 is 0 Å². The van der Waals surface area contributed by atoms with Crippen LogP contribution in [0.2, 0.25) is 0 Å². The van der Waals surface area contributed by atoms with Crippen molar-refractivity contribution in [3.05, 3.63) is 50.9 Å². The Labute approximate surface area is 128 Å². The Morgan fingerprint density at radius 1 is 1.21 bits per heavy atom. The van der Waals surface area contributed by atoms with Crippen LogP contribution in [0.3, 0.4) is 0 Å². The van der Waals surface area contributed by atoms with Crippen LogP contribution in [0.25, 0.3) is 0 Å². The number of benzene rings is 1. The van der Waals surface area contributed by atoms with Crippen LogP contribution >= 0.6 is 22.6 Å². The molecule has 0 saturated carbocycles. The summed E-state index contributed by atoms with van der Waals surface area (Å²) in [5.74, 6) is 0. The Morgan fingerprint density at radius 2 is 1.95 bits per heavy atom. The van der Waals surface area contributed by atoms with Gasteiger partial charge in [-0.25, -0.2) is 0 Å². The summed E-state index contributed by atoms with van der Waals surface area (Å²) in [7, 11) is 0. The normalized spacial score (nSPS) is 10.9. The van der Waals surface area contributed by atoms with Crippen molar-refractivity contribution in [2.24, 2.45) is 0 Å². The Bertz CT molecular complexity index is 517. The summed E-state index contributed by atoms with van der Waals surface area (Å²) in [4.78, 5) is 0. The van der Waals surface area contributed by atoms with Crippen LogP contribution < -0.4 is 5.32 Å². The molecule has 1 aromatic carbocycles. The molecule has 0 atom stereocenters. The van der Waals surface area contributed by atoms with E-state index in [0.717, 1.165) is 31.7 Å². The van der Waals surface area contributed by atoms with Gasteiger partial charge in [-0.15, -0.1) is 0 Å². The van der Waals surface area contributed by atoms with Crippen molar-refractivity contribution in [3.63, 3.8) is 0 Å². The van der Waals surface area contributed by atoms with Gasteiger partial charge in [0, 0.05) is 22.4 Å². The van der Waals surface area contributed by atoms with E-state index in [2.05, 4.69) is 74.9 Å². The minimum absolute atomic E-state index is 0.939. The number of aromatic nitrogens is 2. The summed E-state index contributed by atoms with van der Waals surface area (Å²) in [5.41, 5.74) is 3.69. The van der Waals surface area contributed by atoms with Crippen molar-refractivity contribution >= 4 is 22.6 Å². The molecule has 19 heavy (non-hydrogen) atoms. The van der Waals surface area contributed by atoms with Crippen LogP contribution in [0.1, 0.15) is 23.4 Å². The molecule has 0 aliphatic heterocycles. The minimum Gasteiger partial charge on any atom is -0.313 e. The molecule has 0 amide bonds. The molecule has 2 aromatic rings. The van der Waals surface area contributed by atoms with E-state index in [1.165, 1.54) is 14.8 Å². The maximum Gasteiger partial charge on any atom is 0.0596 e. The molecule has 1 heterocycles. The smallest absolute Gasteiger partial charge is 0.0596 e. The van der Waals surface area contributed by atoms with Gasteiger partial charge >= 0.3 is 0 Å². The first-order valence-corrected chi connectivity index (χ1v) is 7.69. The van der Waals surface area contributed by atoms with Crippen molar-refractivity contribution in [3.8, 4) is 0 Å². The van der Waals surface area contributed by atoms with Crippen LogP contribution in [0.4, 0.5) is 0 Å². The van der Waals surface area contributed by atoms with Crippen LogP contribution in [0.5, 0.6) is 0 Å². The number of halogens is 1. The first-order chi connectivity index (χ1) is 9.15. The molecule has 102 valence electrons. The number of nitrogens with one attached hydrogen (secondary N) is 1. The highest BCUT2D eigenvalue weighted by molar-refractivity contribution is 14.1. The molecule has 0 radical (unpaired) electrons. The van der Waals surface area contributed by atoms with Gasteiger partial charge in [-0.1, -0.05) is 12.1 Å². The second-order valence-electron chi connectivity index (χ2n) is 4.81. The first kappa shape index (κ1) is 14.5. The maximum absolute atomic E-state index is 4.46. The van der Waals surface area contributed by atoms with E-state index in [4.69, 9.17) is 0 Å². The van der Waals surface area contributed by atoms with E-state index in [1.54, 1.807) is 0 Å². The fourth-order valence-electron chi connectivity index (χ4n) is 2.09. The van der Waals surface area contributed by atoms with E-state index in [9.17, 15) is 0 Å². The number of hydrogen-bond donors (Lipinski definition) is 1. The molecular formula is C15H20IN3. The second-order valence-corrected chi connectivity index (χ2v) is 6.05. The zero-order chi connectivity index (χ0) is 13.7. The molecule has 2 rings (SSSR count). The predicted molar refractivity (Wildman–Crippen MR) is 87.2 cm³/mol. The molecular weight excluding hydrogens is 349 g/mol. The first-order valence-electron chi connectivity index (χ1n) is 6.61. The molecule has 0 unspecified atom stereocenters. The van der Waals surface area contributed by atoms with Gasteiger partial charge in [-0.3, -0.25) is 4.68 Å². The molecule has 0 aliphatic carbocycles. The average Bonchev–Trinajstić information content (AvgIpc) is 2.70. The van der Waals surface area contributed by atoms with Gasteiger partial charge in [0.2, 0.25) is 0 Å². The van der Waals surface area contributed by atoms with Crippen LogP contribution in [-0.2, 0) is 13.1 Å². The summed E-state index contributed by atoms with van der Waals surface area (Å²) in [6, 6.07) is 10.8. The number of hydrogen-bond acceptors (Lipinski definition) is 2. The lowest BCUT2D eigenvalue weighted by molar-refractivity contribution is 0.532. The Kier molecular flexibility index (Phi) is 5.39. The van der Waals surface area contributed by atoms with Gasteiger partial charge in [0.25, 0.3) is 0 Å². The van der Waals surface area contributed by atoms with E-state index in [0.29, 0.717) is 0 Å². The molecule has 1 N–H and O–H groups in total. The average molecular weight is 369 g/mol. The molecule has 3 nitrogen and oxygen atoms in total. The Morgan fingerprint density at radius 3 is 2.58 bits per heavy atom. The zero-order valence-electron chi connectivity index (χ0n) is 11.5. The highest BCUT2D eigenvalue weighted by Gasteiger charge is 2.00. The van der Waals surface area contributed by atoms with Gasteiger partial charge in [0.1, 0.15) is 0 Å². The topological polar surface area (TPSA) is 29.9 Å². The summed E-state index contributed by atoms with van der Waals surface area (Å²) in [5, 5.41) is 7.94. The predicted octanol–water partition coefficient (Wildman–Crippen LogP) is 3.28. The molecule has 0 aliphatic rings. The van der Waals surface area contributed by atoms with Gasteiger partial charge in [-0.2, -0.15) is 5.10 Å². The minimum atomic E-state index is 0.939. The van der Waals surface area contributed by atoms with Crippen molar-refractivity contribution in [1.29, 1.82) is 0 Å². The van der Waals surface area contributed by atoms with E-state index in [1.807, 2.05) is 6.92 Å².